The SMILES string of the molecule is CC(C)CNC(=O)c1cc(-c2cc(-c3ccc(CNC(=O)c4cc(-c5cccs5)on4)o3)co2)on1. The number of amides is 2. The molecule has 0 aromatic carbocycles. The third-order valence-corrected chi connectivity index (χ3v) is 6.02. The van der Waals surface area contributed by atoms with Gasteiger partial charge in [0.25, 0.3) is 11.8 Å². The minimum atomic E-state index is -0.372. The standard InChI is InChI=1S/C25H22N4O6S/c1-14(2)11-26-24(30)17-9-21(34-28-17)20-8-15(13-32-20)19-6-5-16(33-19)12-27-25(31)18-10-22(35-29-18)23-4-3-7-36-23/h3-10,13-14H,11-12H2,1-2H3,(H,26,30)(H,27,31). The zero-order valence-corrected chi connectivity index (χ0v) is 20.3. The van der Waals surface area contributed by atoms with Gasteiger partial charge in [0.15, 0.2) is 22.9 Å². The Kier molecular flexibility index (Phi) is 6.54. The summed E-state index contributed by atoms with van der Waals surface area (Å²) in [6, 6.07) is 12.2. The molecule has 2 amide bonds. The smallest absolute Gasteiger partial charge is 0.273 e. The molecule has 0 radical (unpaired) electrons. The van der Waals surface area contributed by atoms with E-state index < -0.39 is 0 Å². The van der Waals surface area contributed by atoms with Crippen LogP contribution in [-0.2, 0) is 6.54 Å². The van der Waals surface area contributed by atoms with Gasteiger partial charge >= 0.3 is 0 Å². The molecule has 0 saturated carbocycles. The molecule has 10 nitrogen and oxygen atoms in total. The summed E-state index contributed by atoms with van der Waals surface area (Å²) in [6.07, 6.45) is 1.51. The van der Waals surface area contributed by atoms with Crippen LogP contribution in [-0.4, -0.2) is 28.7 Å². The number of furan rings is 2. The molecule has 0 atom stereocenters. The maximum absolute atomic E-state index is 12.4. The van der Waals surface area contributed by atoms with Crippen LogP contribution in [0.25, 0.3) is 33.5 Å². The quantitative estimate of drug-likeness (QED) is 0.277. The van der Waals surface area contributed by atoms with Crippen LogP contribution in [0.15, 0.2) is 72.0 Å². The molecule has 0 spiro atoms. The van der Waals surface area contributed by atoms with Gasteiger partial charge in [-0.25, -0.2) is 0 Å². The Hall–Kier alpha value is -4.38. The highest BCUT2D eigenvalue weighted by Crippen LogP contribution is 2.30. The van der Waals surface area contributed by atoms with Crippen molar-refractivity contribution in [1.29, 1.82) is 0 Å². The monoisotopic (exact) mass is 506 g/mol. The van der Waals surface area contributed by atoms with Crippen LogP contribution in [0.4, 0.5) is 0 Å². The first-order valence-corrected chi connectivity index (χ1v) is 12.1. The zero-order chi connectivity index (χ0) is 25.1. The molecule has 0 unspecified atom stereocenters. The summed E-state index contributed by atoms with van der Waals surface area (Å²) < 4.78 is 21.9. The summed E-state index contributed by atoms with van der Waals surface area (Å²) in [5.74, 6) is 2.01. The first-order valence-electron chi connectivity index (χ1n) is 11.2. The van der Waals surface area contributed by atoms with Crippen LogP contribution in [0, 0.1) is 5.92 Å². The number of nitrogens with one attached hydrogen (secondary N) is 2. The lowest BCUT2D eigenvalue weighted by atomic mass is 10.2. The molecule has 5 rings (SSSR count). The number of carbonyl (C=O) groups excluding carboxylic acids is 2. The van der Waals surface area contributed by atoms with E-state index in [1.807, 2.05) is 31.4 Å². The average molecular weight is 507 g/mol. The third kappa shape index (κ3) is 5.15. The molecule has 2 N–H and O–H groups in total. The molecule has 0 aliphatic rings. The predicted molar refractivity (Wildman–Crippen MR) is 130 cm³/mol. The summed E-state index contributed by atoms with van der Waals surface area (Å²) in [6.45, 7) is 4.72. The lowest BCUT2D eigenvalue weighted by molar-refractivity contribution is 0.0931. The minimum absolute atomic E-state index is 0.168. The van der Waals surface area contributed by atoms with Crippen molar-refractivity contribution < 1.29 is 27.5 Å². The number of aromatic nitrogens is 2. The van der Waals surface area contributed by atoms with Gasteiger partial charge in [-0.3, -0.25) is 9.59 Å². The van der Waals surface area contributed by atoms with E-state index in [9.17, 15) is 9.59 Å². The van der Waals surface area contributed by atoms with Crippen LogP contribution in [0.1, 0.15) is 40.6 Å². The van der Waals surface area contributed by atoms with E-state index in [-0.39, 0.29) is 29.7 Å². The summed E-state index contributed by atoms with van der Waals surface area (Å²) in [5.41, 5.74) is 1.03. The summed E-state index contributed by atoms with van der Waals surface area (Å²) in [4.78, 5) is 25.5. The summed E-state index contributed by atoms with van der Waals surface area (Å²) in [5, 5.41) is 15.1. The van der Waals surface area contributed by atoms with E-state index in [2.05, 4.69) is 20.9 Å². The Morgan fingerprint density at radius 1 is 0.917 bits per heavy atom. The summed E-state index contributed by atoms with van der Waals surface area (Å²) in [7, 11) is 0. The Bertz CT molecular complexity index is 1470. The van der Waals surface area contributed by atoms with E-state index in [4.69, 9.17) is 17.9 Å². The van der Waals surface area contributed by atoms with E-state index in [0.29, 0.717) is 46.8 Å². The minimum Gasteiger partial charge on any atom is -0.460 e. The molecule has 36 heavy (non-hydrogen) atoms. The van der Waals surface area contributed by atoms with Gasteiger partial charge in [0.05, 0.1) is 17.0 Å². The Morgan fingerprint density at radius 2 is 1.67 bits per heavy atom. The van der Waals surface area contributed by atoms with Gasteiger partial charge < -0.3 is 28.5 Å². The highest BCUT2D eigenvalue weighted by molar-refractivity contribution is 7.13. The molecular weight excluding hydrogens is 484 g/mol. The van der Waals surface area contributed by atoms with Crippen molar-refractivity contribution in [3.05, 3.63) is 71.3 Å². The topological polar surface area (TPSA) is 137 Å². The number of carbonyl (C=O) groups is 2. The van der Waals surface area contributed by atoms with Crippen molar-refractivity contribution in [3.8, 4) is 33.5 Å². The number of nitrogens with zero attached hydrogens (tertiary/aromatic N) is 2. The van der Waals surface area contributed by atoms with Gasteiger partial charge in [0, 0.05) is 18.7 Å². The van der Waals surface area contributed by atoms with E-state index >= 15 is 0 Å². The van der Waals surface area contributed by atoms with Crippen molar-refractivity contribution in [3.63, 3.8) is 0 Å². The maximum Gasteiger partial charge on any atom is 0.273 e. The third-order valence-electron chi connectivity index (χ3n) is 5.13. The fourth-order valence-corrected chi connectivity index (χ4v) is 3.96. The van der Waals surface area contributed by atoms with Crippen molar-refractivity contribution in [2.24, 2.45) is 5.92 Å². The molecule has 5 aromatic heterocycles. The number of rotatable bonds is 9. The molecule has 5 aromatic rings. The van der Waals surface area contributed by atoms with Crippen LogP contribution in [0.3, 0.4) is 0 Å². The Morgan fingerprint density at radius 3 is 2.42 bits per heavy atom. The molecule has 184 valence electrons. The molecule has 0 fully saturated rings. The molecule has 0 aliphatic heterocycles. The molecule has 0 bridgehead atoms. The second-order valence-corrected chi connectivity index (χ2v) is 9.33. The first kappa shape index (κ1) is 23.4. The second-order valence-electron chi connectivity index (χ2n) is 8.38. The second kappa shape index (κ2) is 10.1. The van der Waals surface area contributed by atoms with Crippen molar-refractivity contribution >= 4 is 23.2 Å². The van der Waals surface area contributed by atoms with Gasteiger partial charge in [-0.15, -0.1) is 11.3 Å². The fourth-order valence-electron chi connectivity index (χ4n) is 3.28. The molecule has 5 heterocycles. The van der Waals surface area contributed by atoms with E-state index in [0.717, 1.165) is 4.88 Å². The largest absolute Gasteiger partial charge is 0.460 e. The van der Waals surface area contributed by atoms with Gasteiger partial charge in [-0.2, -0.15) is 0 Å². The Labute approximate surface area is 209 Å². The Balaban J connectivity index is 1.19. The first-order chi connectivity index (χ1) is 17.5. The van der Waals surface area contributed by atoms with Gasteiger partial charge in [0.1, 0.15) is 17.8 Å². The molecule has 0 aliphatic carbocycles. The number of hydrogen-bond acceptors (Lipinski definition) is 9. The van der Waals surface area contributed by atoms with Crippen molar-refractivity contribution in [2.75, 3.05) is 6.54 Å². The summed E-state index contributed by atoms with van der Waals surface area (Å²) >= 11 is 1.50. The highest BCUT2D eigenvalue weighted by atomic mass is 32.1. The lowest BCUT2D eigenvalue weighted by Gasteiger charge is -2.04. The van der Waals surface area contributed by atoms with Crippen LogP contribution < -0.4 is 10.6 Å². The fraction of sp³-hybridized carbons (Fsp3) is 0.200. The molecule has 0 saturated heterocycles. The van der Waals surface area contributed by atoms with Crippen LogP contribution in [0.5, 0.6) is 0 Å². The number of thiophene rings is 1. The highest BCUT2D eigenvalue weighted by Gasteiger charge is 2.18. The van der Waals surface area contributed by atoms with Gasteiger partial charge in [-0.05, 0) is 35.6 Å². The normalized spacial score (nSPS) is 11.2. The molecular formula is C25H22N4O6S. The zero-order valence-electron chi connectivity index (χ0n) is 19.4. The maximum atomic E-state index is 12.4. The van der Waals surface area contributed by atoms with Gasteiger partial charge in [-0.1, -0.05) is 30.2 Å². The van der Waals surface area contributed by atoms with E-state index in [1.165, 1.54) is 23.7 Å². The molecule has 11 heteroatoms. The van der Waals surface area contributed by atoms with Crippen molar-refractivity contribution in [1.82, 2.24) is 20.9 Å². The lowest BCUT2D eigenvalue weighted by Crippen LogP contribution is -2.27. The van der Waals surface area contributed by atoms with E-state index in [1.54, 1.807) is 24.3 Å². The number of hydrogen-bond donors (Lipinski definition) is 2. The predicted octanol–water partition coefficient (Wildman–Crippen LogP) is 5.23. The van der Waals surface area contributed by atoms with Crippen molar-refractivity contribution in [2.45, 2.75) is 20.4 Å². The van der Waals surface area contributed by atoms with Crippen LogP contribution in [0.2, 0.25) is 0 Å². The van der Waals surface area contributed by atoms with Crippen LogP contribution >= 0.6 is 11.3 Å². The van der Waals surface area contributed by atoms with Gasteiger partial charge in [0.2, 0.25) is 5.76 Å². The average Bonchev–Trinajstić information content (AvgIpc) is 3.68.